The van der Waals surface area contributed by atoms with Crippen LogP contribution in [0, 0.1) is 0 Å². The molecule has 1 aromatic heterocycles. The third-order valence-corrected chi connectivity index (χ3v) is 4.02. The molecule has 1 aliphatic rings. The predicted molar refractivity (Wildman–Crippen MR) is 73.9 cm³/mol. The van der Waals surface area contributed by atoms with Gasteiger partial charge in [-0.05, 0) is 23.8 Å². The Morgan fingerprint density at radius 1 is 1.28 bits per heavy atom. The lowest BCUT2D eigenvalue weighted by Crippen LogP contribution is -2.15. The van der Waals surface area contributed by atoms with Crippen LogP contribution < -0.4 is 10.5 Å². The Hall–Kier alpha value is -1.68. The first kappa shape index (κ1) is 11.4. The minimum absolute atomic E-state index is 0.255. The molecule has 1 aromatic carbocycles. The summed E-state index contributed by atoms with van der Waals surface area (Å²) in [5.74, 6) is 2.52. The zero-order valence-corrected chi connectivity index (χ0v) is 10.7. The minimum atomic E-state index is 0.255. The van der Waals surface area contributed by atoms with E-state index in [1.54, 1.807) is 11.8 Å². The second-order valence-corrected chi connectivity index (χ2v) is 5.37. The molecule has 0 saturated heterocycles. The minimum Gasteiger partial charge on any atom is -0.489 e. The van der Waals surface area contributed by atoms with E-state index in [-0.39, 0.29) is 6.10 Å². The molecule has 0 aliphatic carbocycles. The van der Waals surface area contributed by atoms with Gasteiger partial charge in [0.15, 0.2) is 0 Å². The molecule has 2 heterocycles. The van der Waals surface area contributed by atoms with Gasteiger partial charge < -0.3 is 10.5 Å². The van der Waals surface area contributed by atoms with Crippen LogP contribution >= 0.6 is 11.8 Å². The summed E-state index contributed by atoms with van der Waals surface area (Å²) in [7, 11) is 0. The van der Waals surface area contributed by atoms with Gasteiger partial charge in [-0.25, -0.2) is 4.98 Å². The van der Waals surface area contributed by atoms with Gasteiger partial charge in [0.25, 0.3) is 0 Å². The third kappa shape index (κ3) is 2.43. The zero-order valence-electron chi connectivity index (χ0n) is 9.87. The summed E-state index contributed by atoms with van der Waals surface area (Å²) in [5, 5.41) is 0. The molecule has 0 spiro atoms. The van der Waals surface area contributed by atoms with E-state index in [0.717, 1.165) is 22.8 Å². The van der Waals surface area contributed by atoms with Crippen LogP contribution in [0.3, 0.4) is 0 Å². The van der Waals surface area contributed by atoms with Crippen LogP contribution in [0.4, 0.5) is 5.82 Å². The van der Waals surface area contributed by atoms with Crippen LogP contribution in [0.2, 0.25) is 0 Å². The van der Waals surface area contributed by atoms with E-state index in [1.165, 1.54) is 5.56 Å². The Morgan fingerprint density at radius 2 is 2.17 bits per heavy atom. The maximum absolute atomic E-state index is 5.89. The van der Waals surface area contributed by atoms with Crippen molar-refractivity contribution >= 4 is 17.6 Å². The number of hydrogen-bond donors (Lipinski definition) is 1. The molecule has 0 radical (unpaired) electrons. The fourth-order valence-corrected chi connectivity index (χ4v) is 2.87. The van der Waals surface area contributed by atoms with E-state index in [2.05, 4.69) is 17.1 Å². The number of rotatable bonds is 3. The van der Waals surface area contributed by atoms with Gasteiger partial charge >= 0.3 is 0 Å². The van der Waals surface area contributed by atoms with Gasteiger partial charge in [0.1, 0.15) is 17.7 Å². The van der Waals surface area contributed by atoms with Gasteiger partial charge in [0.05, 0.1) is 0 Å². The summed E-state index contributed by atoms with van der Waals surface area (Å²) in [4.78, 5) is 5.21. The maximum atomic E-state index is 5.89. The fraction of sp³-hybridized carbons (Fsp3) is 0.214. The van der Waals surface area contributed by atoms with Crippen molar-refractivity contribution in [1.82, 2.24) is 4.98 Å². The molecule has 2 N–H and O–H groups in total. The second-order valence-electron chi connectivity index (χ2n) is 4.28. The monoisotopic (exact) mass is 258 g/mol. The number of hydrogen-bond acceptors (Lipinski definition) is 4. The SMILES string of the molecule is Nc1ccc(SCC2Cc3ccccc3O2)cn1. The summed E-state index contributed by atoms with van der Waals surface area (Å²) in [6, 6.07) is 12.1. The number of aromatic nitrogens is 1. The van der Waals surface area contributed by atoms with Crippen molar-refractivity contribution < 1.29 is 4.74 Å². The van der Waals surface area contributed by atoms with Crippen LogP contribution in [0.25, 0.3) is 0 Å². The summed E-state index contributed by atoms with van der Waals surface area (Å²) in [6.07, 6.45) is 3.05. The molecule has 0 amide bonds. The summed E-state index contributed by atoms with van der Waals surface area (Å²) in [6.45, 7) is 0. The number of para-hydroxylation sites is 1. The average Bonchev–Trinajstić information content (AvgIpc) is 2.81. The van der Waals surface area contributed by atoms with Crippen molar-refractivity contribution in [2.24, 2.45) is 0 Å². The summed E-state index contributed by atoms with van der Waals surface area (Å²) >= 11 is 1.75. The molecule has 1 aliphatic heterocycles. The molecule has 1 atom stereocenters. The van der Waals surface area contributed by atoms with Crippen LogP contribution in [0.5, 0.6) is 5.75 Å². The summed E-state index contributed by atoms with van der Waals surface area (Å²) in [5.41, 5.74) is 6.86. The lowest BCUT2D eigenvalue weighted by molar-refractivity contribution is 0.259. The van der Waals surface area contributed by atoms with Crippen molar-refractivity contribution in [1.29, 1.82) is 0 Å². The van der Waals surface area contributed by atoms with Gasteiger partial charge in [0, 0.05) is 23.3 Å². The molecule has 0 fully saturated rings. The molecule has 3 nitrogen and oxygen atoms in total. The fourth-order valence-electron chi connectivity index (χ4n) is 2.01. The first-order chi connectivity index (χ1) is 8.81. The molecule has 2 aromatic rings. The Balaban J connectivity index is 1.58. The molecule has 18 heavy (non-hydrogen) atoms. The Kier molecular flexibility index (Phi) is 3.11. The number of anilines is 1. The maximum Gasteiger partial charge on any atom is 0.123 e. The number of fused-ring (bicyclic) bond motifs is 1. The van der Waals surface area contributed by atoms with Crippen LogP contribution in [-0.2, 0) is 6.42 Å². The number of nitrogen functional groups attached to an aromatic ring is 1. The van der Waals surface area contributed by atoms with E-state index in [4.69, 9.17) is 10.5 Å². The summed E-state index contributed by atoms with van der Waals surface area (Å²) < 4.78 is 5.89. The molecule has 0 bridgehead atoms. The molecular weight excluding hydrogens is 244 g/mol. The van der Waals surface area contributed by atoms with Crippen molar-refractivity contribution in [2.75, 3.05) is 11.5 Å². The molecular formula is C14H14N2OS. The van der Waals surface area contributed by atoms with Crippen molar-refractivity contribution in [3.8, 4) is 5.75 Å². The third-order valence-electron chi connectivity index (χ3n) is 2.91. The van der Waals surface area contributed by atoms with Crippen LogP contribution in [-0.4, -0.2) is 16.8 Å². The highest BCUT2D eigenvalue weighted by molar-refractivity contribution is 7.99. The first-order valence-electron chi connectivity index (χ1n) is 5.90. The lowest BCUT2D eigenvalue weighted by Gasteiger charge is -2.09. The highest BCUT2D eigenvalue weighted by atomic mass is 32.2. The first-order valence-corrected chi connectivity index (χ1v) is 6.89. The molecule has 3 rings (SSSR count). The Bertz CT molecular complexity index is 517. The number of benzene rings is 1. The van der Waals surface area contributed by atoms with Gasteiger partial charge in [-0.1, -0.05) is 18.2 Å². The molecule has 92 valence electrons. The van der Waals surface area contributed by atoms with E-state index in [9.17, 15) is 0 Å². The normalized spacial score (nSPS) is 17.2. The number of thioether (sulfide) groups is 1. The Labute approximate surface area is 110 Å². The van der Waals surface area contributed by atoms with Crippen LogP contribution in [0.1, 0.15) is 5.56 Å². The van der Waals surface area contributed by atoms with Gasteiger partial charge in [-0.15, -0.1) is 11.8 Å². The van der Waals surface area contributed by atoms with Crippen LogP contribution in [0.15, 0.2) is 47.5 Å². The highest BCUT2D eigenvalue weighted by Gasteiger charge is 2.22. The van der Waals surface area contributed by atoms with Crippen molar-refractivity contribution in [3.05, 3.63) is 48.2 Å². The average molecular weight is 258 g/mol. The van der Waals surface area contributed by atoms with Gasteiger partial charge in [-0.2, -0.15) is 0 Å². The number of pyridine rings is 1. The van der Waals surface area contributed by atoms with Gasteiger partial charge in [-0.3, -0.25) is 0 Å². The standard InChI is InChI=1S/C14H14N2OS/c15-14-6-5-12(8-16-14)18-9-11-7-10-3-1-2-4-13(10)17-11/h1-6,8,11H,7,9H2,(H2,15,16). The van der Waals surface area contributed by atoms with E-state index >= 15 is 0 Å². The molecule has 0 saturated carbocycles. The number of nitrogens with zero attached hydrogens (tertiary/aromatic N) is 1. The Morgan fingerprint density at radius 3 is 2.94 bits per heavy atom. The smallest absolute Gasteiger partial charge is 0.123 e. The molecule has 4 heteroatoms. The predicted octanol–water partition coefficient (Wildman–Crippen LogP) is 2.76. The van der Waals surface area contributed by atoms with Crippen molar-refractivity contribution in [2.45, 2.75) is 17.4 Å². The van der Waals surface area contributed by atoms with Crippen molar-refractivity contribution in [3.63, 3.8) is 0 Å². The number of nitrogens with two attached hydrogens (primary N) is 1. The molecule has 1 unspecified atom stereocenters. The van der Waals surface area contributed by atoms with E-state index in [0.29, 0.717) is 5.82 Å². The van der Waals surface area contributed by atoms with E-state index in [1.807, 2.05) is 30.5 Å². The van der Waals surface area contributed by atoms with E-state index < -0.39 is 0 Å². The zero-order chi connectivity index (χ0) is 12.4. The largest absolute Gasteiger partial charge is 0.489 e. The lowest BCUT2D eigenvalue weighted by atomic mass is 10.1. The topological polar surface area (TPSA) is 48.1 Å². The second kappa shape index (κ2) is 4.90. The van der Waals surface area contributed by atoms with Gasteiger partial charge in [0.2, 0.25) is 0 Å². The quantitative estimate of drug-likeness (QED) is 0.860. The highest BCUT2D eigenvalue weighted by Crippen LogP contribution is 2.31. The number of ether oxygens (including phenoxy) is 1.